The van der Waals surface area contributed by atoms with E-state index in [1.165, 1.54) is 24.3 Å². The number of carbonyl (C=O) groups is 1. The summed E-state index contributed by atoms with van der Waals surface area (Å²) >= 11 is 5.55. The first-order valence-corrected chi connectivity index (χ1v) is 5.49. The highest BCUT2D eigenvalue weighted by atomic mass is 35.5. The number of carbonyl (C=O) groups excluding carboxylic acids is 1. The molecule has 0 aliphatic rings. The minimum atomic E-state index is -0.706. The van der Waals surface area contributed by atoms with E-state index < -0.39 is 11.7 Å². The summed E-state index contributed by atoms with van der Waals surface area (Å²) in [5.74, 6) is -1.31. The molecule has 0 saturated carbocycles. The molecule has 2 aromatic rings. The van der Waals surface area contributed by atoms with Crippen LogP contribution in [-0.4, -0.2) is 16.1 Å². The van der Waals surface area contributed by atoms with Crippen LogP contribution in [0.25, 0.3) is 0 Å². The summed E-state index contributed by atoms with van der Waals surface area (Å²) in [5, 5.41) is 18.5. The van der Waals surface area contributed by atoms with E-state index in [4.69, 9.17) is 16.9 Å². The van der Waals surface area contributed by atoms with Crippen molar-refractivity contribution in [2.24, 2.45) is 0 Å². The quantitative estimate of drug-likeness (QED) is 0.913. The van der Waals surface area contributed by atoms with Crippen molar-refractivity contribution in [3.05, 3.63) is 52.6 Å². The Morgan fingerprint density at radius 2 is 2.11 bits per heavy atom. The summed E-state index contributed by atoms with van der Waals surface area (Å²) in [6, 6.07) is 8.40. The van der Waals surface area contributed by atoms with E-state index in [9.17, 15) is 9.18 Å². The van der Waals surface area contributed by atoms with Gasteiger partial charge in [-0.05, 0) is 24.3 Å². The summed E-state index contributed by atoms with van der Waals surface area (Å²) < 4.78 is 13.3. The second kappa shape index (κ2) is 5.42. The van der Waals surface area contributed by atoms with Crippen molar-refractivity contribution < 1.29 is 9.18 Å². The molecule has 0 unspecified atom stereocenters. The zero-order valence-corrected chi connectivity index (χ0v) is 10.1. The third kappa shape index (κ3) is 2.84. The minimum absolute atomic E-state index is 0.0116. The number of benzene rings is 1. The second-order valence-electron chi connectivity index (χ2n) is 3.47. The van der Waals surface area contributed by atoms with Gasteiger partial charge in [-0.25, -0.2) is 4.39 Å². The first-order chi connectivity index (χ1) is 9.11. The molecule has 7 heteroatoms. The smallest absolute Gasteiger partial charge is 0.276 e. The van der Waals surface area contributed by atoms with Crippen molar-refractivity contribution >= 4 is 23.2 Å². The number of hydrogen-bond acceptors (Lipinski definition) is 4. The standard InChI is InChI=1S/C12H6ClFN4O/c13-11-5-4-10(17-18-11)12(19)16-9-3-1-2-8(14)7(9)6-15/h1-5H,(H,16,19). The maximum absolute atomic E-state index is 13.3. The van der Waals surface area contributed by atoms with Gasteiger partial charge in [-0.2, -0.15) is 5.26 Å². The van der Waals surface area contributed by atoms with Gasteiger partial charge in [0.1, 0.15) is 17.4 Å². The van der Waals surface area contributed by atoms with Gasteiger partial charge in [0.25, 0.3) is 5.91 Å². The molecule has 94 valence electrons. The van der Waals surface area contributed by atoms with Crippen molar-refractivity contribution in [3.63, 3.8) is 0 Å². The van der Waals surface area contributed by atoms with Gasteiger partial charge in [-0.3, -0.25) is 4.79 Å². The zero-order chi connectivity index (χ0) is 13.8. The topological polar surface area (TPSA) is 78.7 Å². The number of nitrogens with zero attached hydrogens (tertiary/aromatic N) is 3. The molecule has 1 aromatic carbocycles. The SMILES string of the molecule is N#Cc1c(F)cccc1NC(=O)c1ccc(Cl)nn1. The molecule has 1 aromatic heterocycles. The van der Waals surface area contributed by atoms with Gasteiger partial charge < -0.3 is 5.32 Å². The monoisotopic (exact) mass is 276 g/mol. The van der Waals surface area contributed by atoms with E-state index in [1.807, 2.05) is 0 Å². The average Bonchev–Trinajstić information content (AvgIpc) is 2.39. The average molecular weight is 277 g/mol. The maximum Gasteiger partial charge on any atom is 0.276 e. The lowest BCUT2D eigenvalue weighted by molar-refractivity contribution is 0.102. The minimum Gasteiger partial charge on any atom is -0.319 e. The Balaban J connectivity index is 2.27. The molecule has 0 radical (unpaired) electrons. The van der Waals surface area contributed by atoms with Crippen LogP contribution in [0.5, 0.6) is 0 Å². The van der Waals surface area contributed by atoms with E-state index in [0.29, 0.717) is 0 Å². The lowest BCUT2D eigenvalue weighted by Gasteiger charge is -2.06. The maximum atomic E-state index is 13.3. The molecule has 0 aliphatic carbocycles. The van der Waals surface area contributed by atoms with Crippen LogP contribution in [0.1, 0.15) is 16.1 Å². The first kappa shape index (κ1) is 12.9. The number of nitriles is 1. The number of rotatable bonds is 2. The van der Waals surface area contributed by atoms with E-state index in [1.54, 1.807) is 6.07 Å². The third-order valence-corrected chi connectivity index (χ3v) is 2.44. The van der Waals surface area contributed by atoms with Crippen molar-refractivity contribution in [1.29, 1.82) is 5.26 Å². The number of anilines is 1. The van der Waals surface area contributed by atoms with E-state index >= 15 is 0 Å². The molecular formula is C12H6ClFN4O. The van der Waals surface area contributed by atoms with Gasteiger partial charge in [-0.1, -0.05) is 17.7 Å². The molecule has 0 fully saturated rings. The van der Waals surface area contributed by atoms with E-state index in [-0.39, 0.29) is 22.1 Å². The van der Waals surface area contributed by atoms with Gasteiger partial charge in [0.2, 0.25) is 0 Å². The summed E-state index contributed by atoms with van der Waals surface area (Å²) in [6.45, 7) is 0. The lowest BCUT2D eigenvalue weighted by Crippen LogP contribution is -2.15. The highest BCUT2D eigenvalue weighted by molar-refractivity contribution is 6.29. The molecule has 0 atom stereocenters. The van der Waals surface area contributed by atoms with Crippen LogP contribution in [0.3, 0.4) is 0 Å². The van der Waals surface area contributed by atoms with Gasteiger partial charge >= 0.3 is 0 Å². The Hall–Kier alpha value is -2.52. The fraction of sp³-hybridized carbons (Fsp3) is 0. The van der Waals surface area contributed by atoms with Crippen LogP contribution >= 0.6 is 11.6 Å². The molecule has 0 spiro atoms. The number of aromatic nitrogens is 2. The molecule has 1 amide bonds. The molecular weight excluding hydrogens is 271 g/mol. The molecule has 19 heavy (non-hydrogen) atoms. The number of hydrogen-bond donors (Lipinski definition) is 1. The number of amides is 1. The van der Waals surface area contributed by atoms with Crippen LogP contribution in [0.4, 0.5) is 10.1 Å². The predicted molar refractivity (Wildman–Crippen MR) is 66.1 cm³/mol. The summed E-state index contributed by atoms with van der Waals surface area (Å²) in [5.41, 5.74) is -0.153. The van der Waals surface area contributed by atoms with Gasteiger partial charge in [0, 0.05) is 0 Å². The largest absolute Gasteiger partial charge is 0.319 e. The van der Waals surface area contributed by atoms with Gasteiger partial charge in [0.05, 0.1) is 5.69 Å². The normalized spacial score (nSPS) is 9.74. The Morgan fingerprint density at radius 1 is 1.32 bits per heavy atom. The van der Waals surface area contributed by atoms with Crippen LogP contribution in [0.2, 0.25) is 5.15 Å². The summed E-state index contributed by atoms with van der Waals surface area (Å²) in [6.07, 6.45) is 0. The molecule has 2 rings (SSSR count). The van der Waals surface area contributed by atoms with Gasteiger partial charge in [-0.15, -0.1) is 10.2 Å². The highest BCUT2D eigenvalue weighted by Crippen LogP contribution is 2.18. The van der Waals surface area contributed by atoms with Gasteiger partial charge in [0.15, 0.2) is 10.8 Å². The Morgan fingerprint density at radius 3 is 2.74 bits per heavy atom. The fourth-order valence-corrected chi connectivity index (χ4v) is 1.47. The highest BCUT2D eigenvalue weighted by Gasteiger charge is 2.13. The van der Waals surface area contributed by atoms with Crippen LogP contribution in [0.15, 0.2) is 30.3 Å². The Labute approximate surface area is 112 Å². The van der Waals surface area contributed by atoms with Crippen LogP contribution in [0, 0.1) is 17.1 Å². The zero-order valence-electron chi connectivity index (χ0n) is 9.39. The Bertz CT molecular complexity index is 666. The molecule has 0 aliphatic heterocycles. The lowest BCUT2D eigenvalue weighted by atomic mass is 10.2. The van der Waals surface area contributed by atoms with Crippen molar-refractivity contribution in [2.45, 2.75) is 0 Å². The third-order valence-electron chi connectivity index (χ3n) is 2.24. The Kier molecular flexibility index (Phi) is 3.68. The van der Waals surface area contributed by atoms with Crippen LogP contribution in [-0.2, 0) is 0 Å². The van der Waals surface area contributed by atoms with E-state index in [2.05, 4.69) is 15.5 Å². The molecule has 1 N–H and O–H groups in total. The fourth-order valence-electron chi connectivity index (χ4n) is 1.37. The van der Waals surface area contributed by atoms with Crippen molar-refractivity contribution in [3.8, 4) is 6.07 Å². The number of halogens is 2. The van der Waals surface area contributed by atoms with Crippen molar-refractivity contribution in [2.75, 3.05) is 5.32 Å². The molecule has 0 saturated heterocycles. The number of nitrogens with one attached hydrogen (secondary N) is 1. The second-order valence-corrected chi connectivity index (χ2v) is 3.86. The van der Waals surface area contributed by atoms with Crippen LogP contribution < -0.4 is 5.32 Å². The molecule has 1 heterocycles. The molecule has 5 nitrogen and oxygen atoms in total. The predicted octanol–water partition coefficient (Wildman–Crippen LogP) is 2.39. The van der Waals surface area contributed by atoms with E-state index in [0.717, 1.165) is 6.07 Å². The summed E-state index contributed by atoms with van der Waals surface area (Å²) in [7, 11) is 0. The molecule has 0 bridgehead atoms. The summed E-state index contributed by atoms with van der Waals surface area (Å²) in [4.78, 5) is 11.8. The first-order valence-electron chi connectivity index (χ1n) is 5.11. The van der Waals surface area contributed by atoms with Crippen molar-refractivity contribution in [1.82, 2.24) is 10.2 Å².